The first-order chi connectivity index (χ1) is 9.93. The van der Waals surface area contributed by atoms with Crippen LogP contribution < -0.4 is 5.32 Å². The second kappa shape index (κ2) is 4.62. The molecule has 0 spiro atoms. The first-order valence-corrected chi connectivity index (χ1v) is 6.82. The second-order valence-electron chi connectivity index (χ2n) is 5.07. The monoisotopic (exact) mass is 261 g/mol. The van der Waals surface area contributed by atoms with Crippen LogP contribution in [0.15, 0.2) is 61.1 Å². The first-order valence-electron chi connectivity index (χ1n) is 6.82. The van der Waals surface area contributed by atoms with Gasteiger partial charge in [0.15, 0.2) is 0 Å². The number of imidazole rings is 1. The summed E-state index contributed by atoms with van der Waals surface area (Å²) in [5.74, 6) is 0. The van der Waals surface area contributed by atoms with Crippen molar-refractivity contribution in [3.63, 3.8) is 0 Å². The third-order valence-electron chi connectivity index (χ3n) is 3.89. The third-order valence-corrected chi connectivity index (χ3v) is 3.89. The molecule has 1 heterocycles. The van der Waals surface area contributed by atoms with E-state index in [1.54, 1.807) is 6.33 Å². The van der Waals surface area contributed by atoms with Crippen molar-refractivity contribution in [2.75, 3.05) is 0 Å². The minimum atomic E-state index is 0.255. The van der Waals surface area contributed by atoms with Gasteiger partial charge in [-0.05, 0) is 22.3 Å². The van der Waals surface area contributed by atoms with Crippen LogP contribution in [0, 0.1) is 0 Å². The lowest BCUT2D eigenvalue weighted by molar-refractivity contribution is 0.608. The zero-order valence-electron chi connectivity index (χ0n) is 11.0. The standard InChI is InChI=1S/C17H15N3/c1-3-7-15-13(5-1)14-6-2-4-8-16(14)17(15)19-10-12-9-18-11-20-12/h1-9,11,17,19H,10H2,(H,18,20). The summed E-state index contributed by atoms with van der Waals surface area (Å²) in [5, 5.41) is 3.63. The fourth-order valence-electron chi connectivity index (χ4n) is 2.97. The molecule has 3 heteroatoms. The van der Waals surface area contributed by atoms with E-state index in [9.17, 15) is 0 Å². The Bertz CT molecular complexity index is 686. The zero-order chi connectivity index (χ0) is 13.4. The maximum atomic E-state index is 4.06. The largest absolute Gasteiger partial charge is 0.347 e. The van der Waals surface area contributed by atoms with E-state index in [1.807, 2.05) is 6.20 Å². The van der Waals surface area contributed by atoms with E-state index in [2.05, 4.69) is 63.8 Å². The number of fused-ring (bicyclic) bond motifs is 3. The van der Waals surface area contributed by atoms with Crippen LogP contribution in [0.4, 0.5) is 0 Å². The van der Waals surface area contributed by atoms with Crippen molar-refractivity contribution in [3.8, 4) is 11.1 Å². The number of hydrogen-bond donors (Lipinski definition) is 2. The normalized spacial score (nSPS) is 13.2. The van der Waals surface area contributed by atoms with Crippen LogP contribution in [0.25, 0.3) is 11.1 Å². The summed E-state index contributed by atoms with van der Waals surface area (Å²) in [6.07, 6.45) is 3.58. The van der Waals surface area contributed by atoms with Gasteiger partial charge in [0, 0.05) is 18.4 Å². The van der Waals surface area contributed by atoms with Crippen molar-refractivity contribution >= 4 is 0 Å². The molecule has 0 radical (unpaired) electrons. The van der Waals surface area contributed by atoms with E-state index in [0.717, 1.165) is 12.2 Å². The van der Waals surface area contributed by atoms with E-state index in [1.165, 1.54) is 22.3 Å². The van der Waals surface area contributed by atoms with Gasteiger partial charge in [-0.25, -0.2) is 4.98 Å². The number of rotatable bonds is 3. The van der Waals surface area contributed by atoms with Gasteiger partial charge in [-0.2, -0.15) is 0 Å². The van der Waals surface area contributed by atoms with Crippen LogP contribution in [0.3, 0.4) is 0 Å². The highest BCUT2D eigenvalue weighted by Crippen LogP contribution is 2.42. The predicted molar refractivity (Wildman–Crippen MR) is 79.1 cm³/mol. The van der Waals surface area contributed by atoms with Gasteiger partial charge in [0.05, 0.1) is 12.4 Å². The maximum absolute atomic E-state index is 4.06. The lowest BCUT2D eigenvalue weighted by Crippen LogP contribution is -2.20. The Morgan fingerprint density at radius 2 is 1.60 bits per heavy atom. The Morgan fingerprint density at radius 3 is 2.20 bits per heavy atom. The number of nitrogens with zero attached hydrogens (tertiary/aromatic N) is 1. The molecule has 3 nitrogen and oxygen atoms in total. The highest BCUT2D eigenvalue weighted by molar-refractivity contribution is 5.78. The molecule has 20 heavy (non-hydrogen) atoms. The summed E-state index contributed by atoms with van der Waals surface area (Å²) < 4.78 is 0. The van der Waals surface area contributed by atoms with Crippen LogP contribution >= 0.6 is 0 Å². The highest BCUT2D eigenvalue weighted by atomic mass is 15.0. The molecule has 1 aromatic heterocycles. The average Bonchev–Trinajstić information content (AvgIpc) is 3.11. The molecule has 3 aromatic rings. The second-order valence-corrected chi connectivity index (χ2v) is 5.07. The zero-order valence-corrected chi connectivity index (χ0v) is 11.0. The van der Waals surface area contributed by atoms with Gasteiger partial charge in [-0.1, -0.05) is 48.5 Å². The number of aromatic nitrogens is 2. The maximum Gasteiger partial charge on any atom is 0.0922 e. The van der Waals surface area contributed by atoms with E-state index < -0.39 is 0 Å². The molecule has 2 aromatic carbocycles. The number of nitrogens with one attached hydrogen (secondary N) is 2. The van der Waals surface area contributed by atoms with Gasteiger partial charge in [0.2, 0.25) is 0 Å². The van der Waals surface area contributed by atoms with Gasteiger partial charge < -0.3 is 10.3 Å². The first kappa shape index (κ1) is 11.4. The molecular formula is C17H15N3. The molecule has 1 aliphatic rings. The number of H-pyrrole nitrogens is 1. The van der Waals surface area contributed by atoms with E-state index >= 15 is 0 Å². The lowest BCUT2D eigenvalue weighted by atomic mass is 10.1. The smallest absolute Gasteiger partial charge is 0.0922 e. The topological polar surface area (TPSA) is 40.7 Å². The van der Waals surface area contributed by atoms with E-state index in [-0.39, 0.29) is 6.04 Å². The molecule has 0 atom stereocenters. The molecule has 1 aliphatic carbocycles. The molecule has 0 saturated carbocycles. The number of benzene rings is 2. The Kier molecular flexibility index (Phi) is 2.64. The Balaban J connectivity index is 1.72. The average molecular weight is 261 g/mol. The van der Waals surface area contributed by atoms with Crippen molar-refractivity contribution in [1.29, 1.82) is 0 Å². The van der Waals surface area contributed by atoms with Gasteiger partial charge in [-0.3, -0.25) is 0 Å². The van der Waals surface area contributed by atoms with Gasteiger partial charge in [-0.15, -0.1) is 0 Å². The van der Waals surface area contributed by atoms with Crippen LogP contribution in [0.2, 0.25) is 0 Å². The van der Waals surface area contributed by atoms with Crippen molar-refractivity contribution in [2.45, 2.75) is 12.6 Å². The SMILES string of the molecule is c1ccc2c(c1)-c1ccccc1C2NCc1cnc[nH]1. The fraction of sp³-hybridized carbons (Fsp3) is 0.118. The molecule has 0 amide bonds. The molecule has 0 fully saturated rings. The van der Waals surface area contributed by atoms with E-state index in [0.29, 0.717) is 0 Å². The summed E-state index contributed by atoms with van der Waals surface area (Å²) in [7, 11) is 0. The van der Waals surface area contributed by atoms with Crippen molar-refractivity contribution in [3.05, 3.63) is 77.9 Å². The van der Waals surface area contributed by atoms with Gasteiger partial charge >= 0.3 is 0 Å². The fourth-order valence-corrected chi connectivity index (χ4v) is 2.97. The van der Waals surface area contributed by atoms with Gasteiger partial charge in [0.25, 0.3) is 0 Å². The molecular weight excluding hydrogens is 246 g/mol. The van der Waals surface area contributed by atoms with Crippen LogP contribution in [0.1, 0.15) is 22.9 Å². The summed E-state index contributed by atoms with van der Waals surface area (Å²) >= 11 is 0. The van der Waals surface area contributed by atoms with Crippen LogP contribution in [0.5, 0.6) is 0 Å². The van der Waals surface area contributed by atoms with E-state index in [4.69, 9.17) is 0 Å². The minimum absolute atomic E-state index is 0.255. The van der Waals surface area contributed by atoms with Gasteiger partial charge in [0.1, 0.15) is 0 Å². The lowest BCUT2D eigenvalue weighted by Gasteiger charge is -2.15. The summed E-state index contributed by atoms with van der Waals surface area (Å²) in [5.41, 5.74) is 6.49. The molecule has 98 valence electrons. The Morgan fingerprint density at radius 1 is 0.950 bits per heavy atom. The molecule has 4 rings (SSSR count). The van der Waals surface area contributed by atoms with Crippen molar-refractivity contribution in [1.82, 2.24) is 15.3 Å². The van der Waals surface area contributed by atoms with Crippen molar-refractivity contribution < 1.29 is 0 Å². The number of hydrogen-bond acceptors (Lipinski definition) is 2. The molecule has 0 bridgehead atoms. The Labute approximate surface area is 117 Å². The van der Waals surface area contributed by atoms with Crippen molar-refractivity contribution in [2.24, 2.45) is 0 Å². The molecule has 0 saturated heterocycles. The molecule has 0 aliphatic heterocycles. The Hall–Kier alpha value is -2.39. The quantitative estimate of drug-likeness (QED) is 0.759. The molecule has 2 N–H and O–H groups in total. The summed E-state index contributed by atoms with van der Waals surface area (Å²) in [4.78, 5) is 7.20. The summed E-state index contributed by atoms with van der Waals surface area (Å²) in [6.45, 7) is 0.785. The molecule has 0 unspecified atom stereocenters. The highest BCUT2D eigenvalue weighted by Gasteiger charge is 2.27. The minimum Gasteiger partial charge on any atom is -0.347 e. The van der Waals surface area contributed by atoms with Crippen LogP contribution in [-0.4, -0.2) is 9.97 Å². The summed E-state index contributed by atoms with van der Waals surface area (Å²) in [6, 6.07) is 17.5. The number of aromatic amines is 1. The van der Waals surface area contributed by atoms with Crippen LogP contribution in [-0.2, 0) is 6.54 Å². The predicted octanol–water partition coefficient (Wildman–Crippen LogP) is 3.27. The third kappa shape index (κ3) is 1.75.